The molecule has 1 aliphatic heterocycles. The lowest BCUT2D eigenvalue weighted by Crippen LogP contribution is -2.44. The van der Waals surface area contributed by atoms with Crippen LogP contribution in [0.4, 0.5) is 9.18 Å². The van der Waals surface area contributed by atoms with E-state index in [1.165, 1.54) is 17.7 Å². The molecule has 2 unspecified atom stereocenters. The van der Waals surface area contributed by atoms with E-state index >= 15 is 0 Å². The summed E-state index contributed by atoms with van der Waals surface area (Å²) in [6.07, 6.45) is 5.56. The van der Waals surface area contributed by atoms with Crippen molar-refractivity contribution in [1.29, 1.82) is 0 Å². The highest BCUT2D eigenvalue weighted by atomic mass is 19.1. The first kappa shape index (κ1) is 16.7. The molecule has 2 amide bonds. The monoisotopic (exact) mass is 356 g/mol. The van der Waals surface area contributed by atoms with E-state index in [9.17, 15) is 9.18 Å². The van der Waals surface area contributed by atoms with Gasteiger partial charge in [0.2, 0.25) is 0 Å². The van der Waals surface area contributed by atoms with Crippen molar-refractivity contribution in [3.63, 3.8) is 0 Å². The molecule has 0 radical (unpaired) electrons. The minimum Gasteiger partial charge on any atom is -0.335 e. The highest BCUT2D eigenvalue weighted by molar-refractivity contribution is 5.75. The number of hydrogen-bond acceptors (Lipinski definition) is 4. The topological polar surface area (TPSA) is 86.8 Å². The van der Waals surface area contributed by atoms with Gasteiger partial charge in [-0.15, -0.1) is 10.2 Å². The lowest BCUT2D eigenvalue weighted by Gasteiger charge is -2.26. The van der Waals surface area contributed by atoms with E-state index in [0.717, 1.165) is 31.2 Å². The van der Waals surface area contributed by atoms with Gasteiger partial charge >= 0.3 is 6.03 Å². The lowest BCUT2D eigenvalue weighted by molar-refractivity contribution is 0.203. The molecule has 136 valence electrons. The standard InChI is InChI=1S/C18H21FN6O/c19-15-5-1-12(2-6-15)13-3-7-16(8-4-13)20-18(26)25-10-9-14(11-25)17-21-23-24-22-17/h1-3,5-6,14,16H,4,7-11H2,(H,20,26)(H,21,22,23,24). The number of rotatable bonds is 3. The number of allylic oxidation sites excluding steroid dienone is 1. The summed E-state index contributed by atoms with van der Waals surface area (Å²) in [5, 5.41) is 17.2. The molecule has 2 aromatic rings. The van der Waals surface area contributed by atoms with E-state index in [1.54, 1.807) is 0 Å². The Morgan fingerprint density at radius 1 is 1.27 bits per heavy atom. The molecule has 1 fully saturated rings. The number of carbonyl (C=O) groups excluding carboxylic acids is 1. The van der Waals surface area contributed by atoms with Crippen LogP contribution in [0.15, 0.2) is 30.3 Å². The predicted octanol–water partition coefficient (Wildman–Crippen LogP) is 2.47. The molecule has 0 bridgehead atoms. The third-order valence-corrected chi connectivity index (χ3v) is 5.16. The van der Waals surface area contributed by atoms with Crippen molar-refractivity contribution < 1.29 is 9.18 Å². The zero-order valence-electron chi connectivity index (χ0n) is 14.4. The van der Waals surface area contributed by atoms with Crippen molar-refractivity contribution >= 4 is 11.6 Å². The summed E-state index contributed by atoms with van der Waals surface area (Å²) in [6, 6.07) is 6.69. The number of H-pyrrole nitrogens is 1. The zero-order valence-corrected chi connectivity index (χ0v) is 14.4. The van der Waals surface area contributed by atoms with Crippen molar-refractivity contribution in [2.45, 2.75) is 37.6 Å². The Morgan fingerprint density at radius 3 is 2.81 bits per heavy atom. The number of likely N-dealkylation sites (tertiary alicyclic amines) is 1. The van der Waals surface area contributed by atoms with Gasteiger partial charge in [-0.1, -0.05) is 23.4 Å². The molecule has 1 saturated heterocycles. The number of tetrazole rings is 1. The molecule has 1 aromatic heterocycles. The molecule has 26 heavy (non-hydrogen) atoms. The van der Waals surface area contributed by atoms with Crippen LogP contribution < -0.4 is 5.32 Å². The fourth-order valence-electron chi connectivity index (χ4n) is 3.66. The van der Waals surface area contributed by atoms with Crippen molar-refractivity contribution in [3.8, 4) is 0 Å². The largest absolute Gasteiger partial charge is 0.335 e. The van der Waals surface area contributed by atoms with Crippen LogP contribution in [0.1, 0.15) is 43.0 Å². The van der Waals surface area contributed by atoms with Crippen LogP contribution in [-0.2, 0) is 0 Å². The third kappa shape index (κ3) is 3.58. The Balaban J connectivity index is 1.30. The number of halogens is 1. The summed E-state index contributed by atoms with van der Waals surface area (Å²) in [5.74, 6) is 0.598. The maximum Gasteiger partial charge on any atom is 0.317 e. The molecule has 2 atom stereocenters. The van der Waals surface area contributed by atoms with Crippen molar-refractivity contribution in [1.82, 2.24) is 30.8 Å². The number of amides is 2. The first-order chi connectivity index (χ1) is 12.7. The Kier molecular flexibility index (Phi) is 4.64. The Labute approximate surface area is 150 Å². The van der Waals surface area contributed by atoms with E-state index in [1.807, 2.05) is 17.0 Å². The summed E-state index contributed by atoms with van der Waals surface area (Å²) in [4.78, 5) is 14.3. The highest BCUT2D eigenvalue weighted by Gasteiger charge is 2.30. The average Bonchev–Trinajstić information content (AvgIpc) is 3.35. The molecule has 1 aromatic carbocycles. The molecule has 0 saturated carbocycles. The fraction of sp³-hybridized carbons (Fsp3) is 0.444. The molecule has 1 aliphatic carbocycles. The SMILES string of the molecule is O=C(NC1CC=C(c2ccc(F)cc2)CC1)N1CCC(c2nn[nH]n2)C1. The van der Waals surface area contributed by atoms with Gasteiger partial charge in [-0.3, -0.25) is 0 Å². The molecular weight excluding hydrogens is 335 g/mol. The summed E-state index contributed by atoms with van der Waals surface area (Å²) in [7, 11) is 0. The van der Waals surface area contributed by atoms with Gasteiger partial charge in [0, 0.05) is 25.0 Å². The number of benzene rings is 1. The first-order valence-electron chi connectivity index (χ1n) is 8.93. The molecule has 4 rings (SSSR count). The number of urea groups is 1. The number of nitrogens with one attached hydrogen (secondary N) is 2. The summed E-state index contributed by atoms with van der Waals surface area (Å²) in [6.45, 7) is 1.32. The normalized spacial score (nSPS) is 23.0. The maximum absolute atomic E-state index is 13.0. The summed E-state index contributed by atoms with van der Waals surface area (Å²) >= 11 is 0. The Morgan fingerprint density at radius 2 is 2.12 bits per heavy atom. The molecule has 2 aliphatic rings. The number of aromatic amines is 1. The van der Waals surface area contributed by atoms with Crippen LogP contribution in [-0.4, -0.2) is 50.7 Å². The van der Waals surface area contributed by atoms with E-state index in [4.69, 9.17) is 0 Å². The minimum atomic E-state index is -0.222. The van der Waals surface area contributed by atoms with Crippen LogP contribution in [0, 0.1) is 5.82 Å². The second-order valence-electron chi connectivity index (χ2n) is 6.86. The first-order valence-corrected chi connectivity index (χ1v) is 8.93. The Bertz CT molecular complexity index is 789. The van der Waals surface area contributed by atoms with Gasteiger partial charge in [0.1, 0.15) is 5.82 Å². The van der Waals surface area contributed by atoms with Crippen LogP contribution in [0.2, 0.25) is 0 Å². The average molecular weight is 356 g/mol. The second kappa shape index (κ2) is 7.23. The molecule has 2 heterocycles. The van der Waals surface area contributed by atoms with Crippen LogP contribution in [0.3, 0.4) is 0 Å². The van der Waals surface area contributed by atoms with E-state index in [0.29, 0.717) is 18.9 Å². The van der Waals surface area contributed by atoms with Crippen molar-refractivity contribution in [3.05, 3.63) is 47.5 Å². The van der Waals surface area contributed by atoms with E-state index in [2.05, 4.69) is 32.0 Å². The zero-order chi connectivity index (χ0) is 17.9. The fourth-order valence-corrected chi connectivity index (χ4v) is 3.66. The van der Waals surface area contributed by atoms with Gasteiger partial charge < -0.3 is 10.2 Å². The molecule has 7 nitrogen and oxygen atoms in total. The molecule has 8 heteroatoms. The van der Waals surface area contributed by atoms with Gasteiger partial charge in [0.05, 0.1) is 0 Å². The van der Waals surface area contributed by atoms with Gasteiger partial charge in [-0.2, -0.15) is 5.21 Å². The van der Waals surface area contributed by atoms with E-state index < -0.39 is 0 Å². The predicted molar refractivity (Wildman–Crippen MR) is 93.7 cm³/mol. The minimum absolute atomic E-state index is 0.0281. The van der Waals surface area contributed by atoms with Crippen LogP contribution in [0.25, 0.3) is 5.57 Å². The highest BCUT2D eigenvalue weighted by Crippen LogP contribution is 2.28. The lowest BCUT2D eigenvalue weighted by atomic mass is 9.91. The summed E-state index contributed by atoms with van der Waals surface area (Å²) < 4.78 is 13.0. The molecular formula is C18H21FN6O. The quantitative estimate of drug-likeness (QED) is 0.884. The number of aromatic nitrogens is 4. The number of hydrogen-bond donors (Lipinski definition) is 2. The smallest absolute Gasteiger partial charge is 0.317 e. The van der Waals surface area contributed by atoms with Gasteiger partial charge in [0.25, 0.3) is 0 Å². The van der Waals surface area contributed by atoms with Crippen LogP contribution in [0.5, 0.6) is 0 Å². The van der Waals surface area contributed by atoms with Crippen LogP contribution >= 0.6 is 0 Å². The number of nitrogens with zero attached hydrogens (tertiary/aromatic N) is 4. The molecule has 2 N–H and O–H groups in total. The summed E-state index contributed by atoms with van der Waals surface area (Å²) in [5.41, 5.74) is 2.27. The van der Waals surface area contributed by atoms with Gasteiger partial charge in [0.15, 0.2) is 5.82 Å². The number of carbonyl (C=O) groups is 1. The maximum atomic E-state index is 13.0. The molecule has 0 spiro atoms. The third-order valence-electron chi connectivity index (χ3n) is 5.16. The van der Waals surface area contributed by atoms with Crippen molar-refractivity contribution in [2.24, 2.45) is 0 Å². The van der Waals surface area contributed by atoms with E-state index in [-0.39, 0.29) is 23.8 Å². The van der Waals surface area contributed by atoms with Gasteiger partial charge in [-0.05, 0) is 49.0 Å². The Hall–Kier alpha value is -2.77. The second-order valence-corrected chi connectivity index (χ2v) is 6.86. The van der Waals surface area contributed by atoms with Crippen molar-refractivity contribution in [2.75, 3.05) is 13.1 Å². The van der Waals surface area contributed by atoms with Gasteiger partial charge in [-0.25, -0.2) is 9.18 Å².